The quantitative estimate of drug-likeness (QED) is 0.473. The largest absolute Gasteiger partial charge is 4.00 e. The first-order valence-electron chi connectivity index (χ1n) is 4.72. The number of allylic oxidation sites excluding steroid dienone is 4. The van der Waals surface area contributed by atoms with Gasteiger partial charge in [-0.3, -0.25) is 6.08 Å². The zero-order valence-corrected chi connectivity index (χ0v) is 15.5. The van der Waals surface area contributed by atoms with Crippen molar-refractivity contribution in [3.05, 3.63) is 46.6 Å². The van der Waals surface area contributed by atoms with Crippen molar-refractivity contribution in [1.29, 1.82) is 0 Å². The van der Waals surface area contributed by atoms with Gasteiger partial charge in [-0.2, -0.15) is 6.08 Å². The van der Waals surface area contributed by atoms with E-state index in [0.29, 0.717) is 0 Å². The maximum atomic E-state index is 2.99. The van der Waals surface area contributed by atoms with E-state index in [1.165, 1.54) is 0 Å². The van der Waals surface area contributed by atoms with Gasteiger partial charge in [-0.15, -0.1) is 6.42 Å². The van der Waals surface area contributed by atoms with Crippen LogP contribution in [0.25, 0.3) is 0 Å². The number of hydrogen-bond acceptors (Lipinski definition) is 3. The number of rotatable bonds is 0. The molecule has 0 bridgehead atoms. The molecule has 0 spiro atoms. The predicted octanol–water partition coefficient (Wildman–Crippen LogP) is 2.16. The van der Waals surface area contributed by atoms with Crippen LogP contribution < -0.4 is 16.0 Å². The first-order chi connectivity index (χ1) is 6.74. The second-order valence-corrected chi connectivity index (χ2v) is 2.50. The Morgan fingerprint density at radius 1 is 0.778 bits per heavy atom. The molecule has 1 aliphatic carbocycles. The van der Waals surface area contributed by atoms with Gasteiger partial charge in [-0.25, -0.2) is 12.2 Å². The van der Waals surface area contributed by atoms with Crippen LogP contribution >= 0.6 is 0 Å². The summed E-state index contributed by atoms with van der Waals surface area (Å²) in [4.78, 5) is 0. The molecule has 1 rings (SSSR count). The molecule has 18 heavy (non-hydrogen) atoms. The average molecular weight is 293 g/mol. The Kier molecular flexibility index (Phi) is 162. The molecule has 0 aromatic carbocycles. The smallest absolute Gasteiger partial charge is 0.358 e. The van der Waals surface area contributed by atoms with Gasteiger partial charge in [0.25, 0.3) is 0 Å². The molecule has 0 saturated heterocycles. The number of nitrogens with one attached hydrogen (secondary N) is 3. The van der Waals surface area contributed by atoms with Crippen LogP contribution in [0.15, 0.2) is 18.2 Å². The summed E-state index contributed by atoms with van der Waals surface area (Å²) in [6.45, 7) is 0. The summed E-state index contributed by atoms with van der Waals surface area (Å²) in [5.74, 6) is 0. The van der Waals surface area contributed by atoms with Gasteiger partial charge in [0.2, 0.25) is 0 Å². The van der Waals surface area contributed by atoms with Gasteiger partial charge in [-0.05, 0) is 42.3 Å². The molecule has 0 saturated carbocycles. The van der Waals surface area contributed by atoms with Gasteiger partial charge in [0.1, 0.15) is 0 Å². The molecule has 110 valence electrons. The zero-order chi connectivity index (χ0) is 11.7. The van der Waals surface area contributed by atoms with Gasteiger partial charge in [0, 0.05) is 0 Å². The third kappa shape index (κ3) is 142. The molecule has 3 N–H and O–H groups in total. The van der Waals surface area contributed by atoms with Gasteiger partial charge < -0.3 is 38.2 Å². The van der Waals surface area contributed by atoms with E-state index in [1.807, 2.05) is 54.4 Å². The van der Waals surface area contributed by atoms with Crippen molar-refractivity contribution >= 4 is 0 Å². The minimum Gasteiger partial charge on any atom is -0.358 e. The van der Waals surface area contributed by atoms with E-state index in [4.69, 9.17) is 0 Å². The summed E-state index contributed by atoms with van der Waals surface area (Å²) in [6.07, 6.45) is 10.0. The normalized spacial score (nSPS) is 7.89. The molecular formula is C14H35N3Ti. The first kappa shape index (κ1) is 43.0. The summed E-state index contributed by atoms with van der Waals surface area (Å²) in [6, 6.07) is 0. The van der Waals surface area contributed by atoms with E-state index in [2.05, 4.69) is 28.1 Å². The van der Waals surface area contributed by atoms with Gasteiger partial charge >= 0.3 is 21.7 Å². The standard InChI is InChI=1S/C5H5.3C2H7N.3CH3.Ti/c1-2-4-5-3-1;3*1-3-2;;;;/h1-3H,4H2;3*3H,1-2H3;3*1H3;/q-1;;;;3*-1;+4. The average Bonchev–Trinajstić information content (AvgIpc) is 2.63. The van der Waals surface area contributed by atoms with E-state index in [0.717, 1.165) is 6.42 Å². The second kappa shape index (κ2) is 67.7. The minimum atomic E-state index is 0. The third-order valence-electron chi connectivity index (χ3n) is 0.586. The van der Waals surface area contributed by atoms with Crippen molar-refractivity contribution in [2.24, 2.45) is 0 Å². The molecule has 0 aromatic rings. The van der Waals surface area contributed by atoms with Gasteiger partial charge in [0.15, 0.2) is 0 Å². The predicted molar refractivity (Wildman–Crippen MR) is 85.8 cm³/mol. The fraction of sp³-hybridized carbons (Fsp3) is 0.500. The Balaban J connectivity index is -0.0000000173. The fourth-order valence-electron chi connectivity index (χ4n) is 0.340. The minimum absolute atomic E-state index is 0. The fourth-order valence-corrected chi connectivity index (χ4v) is 0.340. The van der Waals surface area contributed by atoms with Crippen molar-refractivity contribution in [2.45, 2.75) is 6.42 Å². The van der Waals surface area contributed by atoms with Crippen molar-refractivity contribution in [2.75, 3.05) is 42.3 Å². The summed E-state index contributed by atoms with van der Waals surface area (Å²) in [7, 11) is 11.2. The molecule has 0 radical (unpaired) electrons. The molecule has 0 atom stereocenters. The van der Waals surface area contributed by atoms with Crippen LogP contribution in [-0.4, -0.2) is 42.3 Å². The molecule has 0 aliphatic heterocycles. The van der Waals surface area contributed by atoms with E-state index in [9.17, 15) is 0 Å². The first-order valence-corrected chi connectivity index (χ1v) is 4.72. The van der Waals surface area contributed by atoms with Crippen LogP contribution in [-0.2, 0) is 21.7 Å². The molecule has 0 unspecified atom stereocenters. The van der Waals surface area contributed by atoms with Crippen molar-refractivity contribution in [3.63, 3.8) is 0 Å². The van der Waals surface area contributed by atoms with E-state index < -0.39 is 0 Å². The Labute approximate surface area is 133 Å². The molecule has 3 nitrogen and oxygen atoms in total. The van der Waals surface area contributed by atoms with Crippen LogP contribution in [0.1, 0.15) is 6.42 Å². The Bertz CT molecular complexity index is 101. The number of hydrogen-bond donors (Lipinski definition) is 3. The summed E-state index contributed by atoms with van der Waals surface area (Å²) in [5.41, 5.74) is 0. The molecular weight excluding hydrogens is 258 g/mol. The van der Waals surface area contributed by atoms with Crippen LogP contribution in [0.3, 0.4) is 0 Å². The van der Waals surface area contributed by atoms with Crippen LogP contribution in [0.2, 0.25) is 0 Å². The molecule has 0 aromatic heterocycles. The summed E-state index contributed by atoms with van der Waals surface area (Å²) in [5, 5.41) is 8.25. The molecule has 0 heterocycles. The van der Waals surface area contributed by atoms with Crippen molar-refractivity contribution < 1.29 is 21.7 Å². The van der Waals surface area contributed by atoms with Crippen LogP contribution in [0.4, 0.5) is 0 Å². The Morgan fingerprint density at radius 3 is 1.11 bits per heavy atom. The van der Waals surface area contributed by atoms with Gasteiger partial charge in [-0.1, -0.05) is 0 Å². The molecule has 4 heteroatoms. The van der Waals surface area contributed by atoms with Crippen LogP contribution in [0, 0.1) is 28.4 Å². The molecule has 0 fully saturated rings. The topological polar surface area (TPSA) is 36.1 Å². The third-order valence-corrected chi connectivity index (χ3v) is 0.586. The summed E-state index contributed by atoms with van der Waals surface area (Å²) < 4.78 is 0. The van der Waals surface area contributed by atoms with E-state index in [-0.39, 0.29) is 44.0 Å². The maximum absolute atomic E-state index is 2.99. The SMILES string of the molecule is CNC.CNC.CNC.[C-]1=CC=CC1.[CH3-].[CH3-].[CH3-].[Ti+4]. The Morgan fingerprint density at radius 2 is 1.06 bits per heavy atom. The molecule has 0 amide bonds. The second-order valence-electron chi connectivity index (χ2n) is 2.50. The Hall–Kier alpha value is 0.0743. The van der Waals surface area contributed by atoms with Crippen molar-refractivity contribution in [3.8, 4) is 0 Å². The maximum Gasteiger partial charge on any atom is 4.00 e. The van der Waals surface area contributed by atoms with Gasteiger partial charge in [0.05, 0.1) is 0 Å². The summed E-state index contributed by atoms with van der Waals surface area (Å²) >= 11 is 0. The molecule has 1 aliphatic rings. The van der Waals surface area contributed by atoms with E-state index >= 15 is 0 Å². The zero-order valence-electron chi connectivity index (χ0n) is 13.9. The monoisotopic (exact) mass is 293 g/mol. The van der Waals surface area contributed by atoms with Crippen LogP contribution in [0.5, 0.6) is 0 Å². The van der Waals surface area contributed by atoms with Crippen molar-refractivity contribution in [1.82, 2.24) is 16.0 Å². The van der Waals surface area contributed by atoms with E-state index in [1.54, 1.807) is 0 Å².